The Balaban J connectivity index is 1.37. The molecule has 0 aromatic heterocycles. The van der Waals surface area contributed by atoms with Crippen LogP contribution < -0.4 is 19.5 Å². The SMILES string of the molecule is COc1ccccc1C(=O)NC(=O)COC(=O)COc1ccc(OCc2ccccc2)cc1. The molecule has 0 aliphatic heterocycles. The van der Waals surface area contributed by atoms with Gasteiger partial charge >= 0.3 is 5.97 Å². The molecule has 3 rings (SSSR count). The van der Waals surface area contributed by atoms with Crippen LogP contribution in [0.25, 0.3) is 0 Å². The number of amides is 2. The van der Waals surface area contributed by atoms with Crippen LogP contribution in [0, 0.1) is 0 Å². The first-order valence-electron chi connectivity index (χ1n) is 10.1. The Morgan fingerprint density at radius 1 is 0.758 bits per heavy atom. The second kappa shape index (κ2) is 11.9. The van der Waals surface area contributed by atoms with Gasteiger partial charge in [-0.25, -0.2) is 4.79 Å². The van der Waals surface area contributed by atoms with Crippen molar-refractivity contribution in [1.82, 2.24) is 5.32 Å². The highest BCUT2D eigenvalue weighted by Crippen LogP contribution is 2.19. The minimum absolute atomic E-state index is 0.194. The quantitative estimate of drug-likeness (QED) is 0.475. The van der Waals surface area contributed by atoms with E-state index < -0.39 is 31.0 Å². The molecule has 33 heavy (non-hydrogen) atoms. The number of esters is 1. The van der Waals surface area contributed by atoms with Gasteiger partial charge in [0.1, 0.15) is 23.9 Å². The molecule has 0 radical (unpaired) electrons. The topological polar surface area (TPSA) is 100 Å². The van der Waals surface area contributed by atoms with Crippen molar-refractivity contribution in [2.24, 2.45) is 0 Å². The molecule has 0 saturated carbocycles. The van der Waals surface area contributed by atoms with Gasteiger partial charge in [-0.2, -0.15) is 0 Å². The zero-order valence-electron chi connectivity index (χ0n) is 18.0. The fraction of sp³-hybridized carbons (Fsp3) is 0.160. The van der Waals surface area contributed by atoms with Crippen LogP contribution >= 0.6 is 0 Å². The van der Waals surface area contributed by atoms with Crippen LogP contribution in [0.3, 0.4) is 0 Å². The van der Waals surface area contributed by atoms with Gasteiger partial charge in [-0.1, -0.05) is 42.5 Å². The monoisotopic (exact) mass is 449 g/mol. The lowest BCUT2D eigenvalue weighted by molar-refractivity contribution is -0.150. The second-order valence-corrected chi connectivity index (χ2v) is 6.77. The molecule has 170 valence electrons. The number of hydrogen-bond acceptors (Lipinski definition) is 7. The molecule has 0 bridgehead atoms. The fourth-order valence-electron chi connectivity index (χ4n) is 2.77. The number of para-hydroxylation sites is 1. The Kier molecular flexibility index (Phi) is 8.41. The van der Waals surface area contributed by atoms with E-state index in [0.717, 1.165) is 5.56 Å². The molecule has 8 nitrogen and oxygen atoms in total. The first kappa shape index (κ1) is 23.3. The van der Waals surface area contributed by atoms with Crippen molar-refractivity contribution in [2.75, 3.05) is 20.3 Å². The van der Waals surface area contributed by atoms with Gasteiger partial charge in [0.05, 0.1) is 12.7 Å². The summed E-state index contributed by atoms with van der Waals surface area (Å²) in [6, 6.07) is 23.0. The van der Waals surface area contributed by atoms with Crippen LogP contribution in [-0.4, -0.2) is 38.1 Å². The molecular weight excluding hydrogens is 426 g/mol. The minimum Gasteiger partial charge on any atom is -0.496 e. The maximum atomic E-state index is 12.2. The third-order valence-electron chi connectivity index (χ3n) is 4.40. The van der Waals surface area contributed by atoms with E-state index in [4.69, 9.17) is 18.9 Å². The van der Waals surface area contributed by atoms with Crippen LogP contribution in [0.15, 0.2) is 78.9 Å². The van der Waals surface area contributed by atoms with E-state index in [1.165, 1.54) is 13.2 Å². The van der Waals surface area contributed by atoms with Gasteiger partial charge in [0.25, 0.3) is 11.8 Å². The second-order valence-electron chi connectivity index (χ2n) is 6.77. The van der Waals surface area contributed by atoms with E-state index >= 15 is 0 Å². The average molecular weight is 449 g/mol. The third-order valence-corrected chi connectivity index (χ3v) is 4.40. The molecule has 1 N–H and O–H groups in total. The molecule has 2 amide bonds. The van der Waals surface area contributed by atoms with Crippen molar-refractivity contribution < 1.29 is 33.3 Å². The summed E-state index contributed by atoms with van der Waals surface area (Å²) < 4.78 is 21.0. The summed E-state index contributed by atoms with van der Waals surface area (Å²) in [6.45, 7) is -0.567. The number of carbonyl (C=O) groups is 3. The molecule has 0 unspecified atom stereocenters. The smallest absolute Gasteiger partial charge is 0.344 e. The van der Waals surface area contributed by atoms with Gasteiger partial charge in [-0.3, -0.25) is 14.9 Å². The zero-order chi connectivity index (χ0) is 23.5. The van der Waals surface area contributed by atoms with Crippen LogP contribution in [0.4, 0.5) is 0 Å². The van der Waals surface area contributed by atoms with Crippen LogP contribution in [-0.2, 0) is 20.9 Å². The molecule has 3 aromatic rings. The van der Waals surface area contributed by atoms with Gasteiger partial charge in [-0.15, -0.1) is 0 Å². The molecule has 0 heterocycles. The van der Waals surface area contributed by atoms with Gasteiger partial charge < -0.3 is 18.9 Å². The molecule has 0 spiro atoms. The lowest BCUT2D eigenvalue weighted by Crippen LogP contribution is -2.34. The number of benzene rings is 3. The highest BCUT2D eigenvalue weighted by Gasteiger charge is 2.16. The maximum absolute atomic E-state index is 12.2. The largest absolute Gasteiger partial charge is 0.496 e. The number of carbonyl (C=O) groups excluding carboxylic acids is 3. The summed E-state index contributed by atoms with van der Waals surface area (Å²) in [5.74, 6) is -0.748. The standard InChI is InChI=1S/C25H23NO7/c1-30-22-10-6-5-9-21(22)25(29)26-23(27)16-33-24(28)17-32-20-13-11-19(12-14-20)31-15-18-7-3-2-4-8-18/h2-14H,15-17H2,1H3,(H,26,27,29). The van der Waals surface area contributed by atoms with E-state index in [0.29, 0.717) is 23.9 Å². The third kappa shape index (κ3) is 7.39. The van der Waals surface area contributed by atoms with Crippen molar-refractivity contribution in [1.29, 1.82) is 0 Å². The molecule has 0 atom stereocenters. The van der Waals surface area contributed by atoms with E-state index in [-0.39, 0.29) is 5.56 Å². The lowest BCUT2D eigenvalue weighted by Gasteiger charge is -2.10. The highest BCUT2D eigenvalue weighted by atomic mass is 16.6. The van der Waals surface area contributed by atoms with E-state index in [2.05, 4.69) is 5.32 Å². The maximum Gasteiger partial charge on any atom is 0.344 e. The number of nitrogens with one attached hydrogen (secondary N) is 1. The minimum atomic E-state index is -0.765. The van der Waals surface area contributed by atoms with Gasteiger partial charge in [0.15, 0.2) is 13.2 Å². The average Bonchev–Trinajstić information content (AvgIpc) is 2.86. The summed E-state index contributed by atoms with van der Waals surface area (Å²) >= 11 is 0. The van der Waals surface area contributed by atoms with Crippen molar-refractivity contribution >= 4 is 17.8 Å². The summed E-state index contributed by atoms with van der Waals surface area (Å²) in [5.41, 5.74) is 1.24. The number of imide groups is 1. The van der Waals surface area contributed by atoms with Crippen LogP contribution in [0.5, 0.6) is 17.2 Å². The highest BCUT2D eigenvalue weighted by molar-refractivity contribution is 6.06. The summed E-state index contributed by atoms with van der Waals surface area (Å²) in [5, 5.41) is 2.14. The number of rotatable bonds is 10. The molecule has 0 fully saturated rings. The Morgan fingerprint density at radius 2 is 1.39 bits per heavy atom. The van der Waals surface area contributed by atoms with Crippen LogP contribution in [0.1, 0.15) is 15.9 Å². The predicted molar refractivity (Wildman–Crippen MR) is 119 cm³/mol. The number of ether oxygens (including phenoxy) is 4. The first-order chi connectivity index (χ1) is 16.0. The Morgan fingerprint density at radius 3 is 2.09 bits per heavy atom. The van der Waals surface area contributed by atoms with Crippen LogP contribution in [0.2, 0.25) is 0 Å². The Bertz CT molecular complexity index is 1080. The van der Waals surface area contributed by atoms with Crippen molar-refractivity contribution in [2.45, 2.75) is 6.61 Å². The molecule has 0 aliphatic rings. The molecular formula is C25H23NO7. The van der Waals surface area contributed by atoms with Gasteiger partial charge in [0.2, 0.25) is 0 Å². The van der Waals surface area contributed by atoms with Crippen molar-refractivity contribution in [3.8, 4) is 17.2 Å². The molecule has 0 saturated heterocycles. The normalized spacial score (nSPS) is 10.1. The van der Waals surface area contributed by atoms with Gasteiger partial charge in [0, 0.05) is 0 Å². The Labute approximate surface area is 191 Å². The van der Waals surface area contributed by atoms with Gasteiger partial charge in [-0.05, 0) is 42.0 Å². The molecule has 8 heteroatoms. The van der Waals surface area contributed by atoms with Crippen molar-refractivity contribution in [3.05, 3.63) is 90.0 Å². The molecule has 0 aliphatic carbocycles. The van der Waals surface area contributed by atoms with Crippen molar-refractivity contribution in [3.63, 3.8) is 0 Å². The summed E-state index contributed by atoms with van der Waals surface area (Å²) in [6.07, 6.45) is 0. The van der Waals surface area contributed by atoms with E-state index in [1.54, 1.807) is 42.5 Å². The van der Waals surface area contributed by atoms with E-state index in [1.807, 2.05) is 30.3 Å². The zero-order valence-corrected chi connectivity index (χ0v) is 18.0. The summed E-state index contributed by atoms with van der Waals surface area (Å²) in [7, 11) is 1.42. The predicted octanol–water partition coefficient (Wildman–Crippen LogP) is 3.15. The molecule has 3 aromatic carbocycles. The first-order valence-corrected chi connectivity index (χ1v) is 10.1. The number of methoxy groups -OCH3 is 1. The Hall–Kier alpha value is -4.33. The fourth-order valence-corrected chi connectivity index (χ4v) is 2.77. The number of hydrogen-bond donors (Lipinski definition) is 1. The lowest BCUT2D eigenvalue weighted by atomic mass is 10.2. The summed E-state index contributed by atoms with van der Waals surface area (Å²) in [4.78, 5) is 35.9. The van der Waals surface area contributed by atoms with E-state index in [9.17, 15) is 14.4 Å².